The average molecular weight is 237 g/mol. The van der Waals surface area contributed by atoms with Crippen LogP contribution in [-0.4, -0.2) is 24.0 Å². The third-order valence-corrected chi connectivity index (χ3v) is 4.15. The van der Waals surface area contributed by atoms with E-state index in [0.717, 1.165) is 24.9 Å². The van der Waals surface area contributed by atoms with Crippen molar-refractivity contribution in [3.8, 4) is 0 Å². The topological polar surface area (TPSA) is 22.1 Å². The summed E-state index contributed by atoms with van der Waals surface area (Å²) in [6, 6.07) is 4.13. The molecule has 1 aromatic rings. The first kappa shape index (κ1) is 11.9. The SMILES string of the molecule is Cc1cccnc1CSCC1CCCOC1. The molecular formula is C13H19NOS. The van der Waals surface area contributed by atoms with E-state index in [1.54, 1.807) is 0 Å². The number of aryl methyl sites for hydroxylation is 1. The lowest BCUT2D eigenvalue weighted by Gasteiger charge is -2.21. The molecule has 0 bridgehead atoms. The molecule has 0 aliphatic carbocycles. The Kier molecular flexibility index (Phi) is 4.67. The minimum absolute atomic E-state index is 0.753. The summed E-state index contributed by atoms with van der Waals surface area (Å²) in [5.41, 5.74) is 2.53. The highest BCUT2D eigenvalue weighted by Gasteiger charge is 2.13. The van der Waals surface area contributed by atoms with Gasteiger partial charge in [0, 0.05) is 18.6 Å². The van der Waals surface area contributed by atoms with Gasteiger partial charge in [-0.05, 0) is 43.1 Å². The standard InChI is InChI=1S/C13H19NOS/c1-11-4-2-6-14-13(11)10-16-9-12-5-3-7-15-8-12/h2,4,6,12H,3,5,7-10H2,1H3. The molecule has 0 radical (unpaired) electrons. The van der Waals surface area contributed by atoms with Crippen LogP contribution in [0.5, 0.6) is 0 Å². The second kappa shape index (κ2) is 6.26. The lowest BCUT2D eigenvalue weighted by molar-refractivity contribution is 0.0632. The van der Waals surface area contributed by atoms with Crippen LogP contribution >= 0.6 is 11.8 Å². The van der Waals surface area contributed by atoms with Gasteiger partial charge in [0.1, 0.15) is 0 Å². The highest BCUT2D eigenvalue weighted by Crippen LogP contribution is 2.21. The highest BCUT2D eigenvalue weighted by atomic mass is 32.2. The van der Waals surface area contributed by atoms with Gasteiger partial charge < -0.3 is 4.74 Å². The average Bonchev–Trinajstić information content (AvgIpc) is 2.33. The lowest BCUT2D eigenvalue weighted by Crippen LogP contribution is -2.19. The molecular weight excluding hydrogens is 218 g/mol. The number of ether oxygens (including phenoxy) is 1. The molecule has 0 aromatic carbocycles. The van der Waals surface area contributed by atoms with Gasteiger partial charge in [-0.1, -0.05) is 6.07 Å². The van der Waals surface area contributed by atoms with Crippen molar-refractivity contribution in [3.05, 3.63) is 29.6 Å². The van der Waals surface area contributed by atoms with Crippen LogP contribution in [0.15, 0.2) is 18.3 Å². The highest BCUT2D eigenvalue weighted by molar-refractivity contribution is 7.98. The normalized spacial score (nSPS) is 20.9. The van der Waals surface area contributed by atoms with Crippen LogP contribution in [0.4, 0.5) is 0 Å². The zero-order chi connectivity index (χ0) is 11.2. The molecule has 2 nitrogen and oxygen atoms in total. The fourth-order valence-corrected chi connectivity index (χ4v) is 3.14. The fourth-order valence-electron chi connectivity index (χ4n) is 1.93. The van der Waals surface area contributed by atoms with Crippen LogP contribution in [0.25, 0.3) is 0 Å². The molecule has 1 atom stereocenters. The summed E-state index contributed by atoms with van der Waals surface area (Å²) in [7, 11) is 0. The molecule has 3 heteroatoms. The van der Waals surface area contributed by atoms with Crippen molar-refractivity contribution >= 4 is 11.8 Å². The maximum Gasteiger partial charge on any atom is 0.0531 e. The molecule has 2 heterocycles. The monoisotopic (exact) mass is 237 g/mol. The fraction of sp³-hybridized carbons (Fsp3) is 0.615. The van der Waals surface area contributed by atoms with E-state index < -0.39 is 0 Å². The predicted octanol–water partition coefficient (Wildman–Crippen LogP) is 3.05. The summed E-state index contributed by atoms with van der Waals surface area (Å²) in [6.07, 6.45) is 4.44. The summed E-state index contributed by atoms with van der Waals surface area (Å²) < 4.78 is 5.48. The van der Waals surface area contributed by atoms with Crippen LogP contribution in [-0.2, 0) is 10.5 Å². The predicted molar refractivity (Wildman–Crippen MR) is 68.7 cm³/mol. The van der Waals surface area contributed by atoms with Crippen LogP contribution in [0.2, 0.25) is 0 Å². The number of aromatic nitrogens is 1. The molecule has 1 fully saturated rings. The van der Waals surface area contributed by atoms with E-state index in [-0.39, 0.29) is 0 Å². The van der Waals surface area contributed by atoms with E-state index in [1.807, 2.05) is 24.0 Å². The molecule has 1 aromatic heterocycles. The molecule has 2 rings (SSSR count). The Hall–Kier alpha value is -0.540. The number of hydrogen-bond donors (Lipinski definition) is 0. The molecule has 1 aliphatic rings. The van der Waals surface area contributed by atoms with Gasteiger partial charge in [0.05, 0.1) is 12.3 Å². The minimum atomic E-state index is 0.753. The van der Waals surface area contributed by atoms with Crippen molar-refractivity contribution in [2.45, 2.75) is 25.5 Å². The Labute approximate surface area is 102 Å². The van der Waals surface area contributed by atoms with Gasteiger partial charge in [-0.3, -0.25) is 4.98 Å². The first-order valence-corrected chi connectivity index (χ1v) is 7.07. The number of thioether (sulfide) groups is 1. The van der Waals surface area contributed by atoms with Crippen LogP contribution in [0.3, 0.4) is 0 Å². The first-order valence-electron chi connectivity index (χ1n) is 5.92. The quantitative estimate of drug-likeness (QED) is 0.803. The number of nitrogens with zero attached hydrogens (tertiary/aromatic N) is 1. The number of rotatable bonds is 4. The van der Waals surface area contributed by atoms with Crippen molar-refractivity contribution in [1.29, 1.82) is 0 Å². The van der Waals surface area contributed by atoms with Gasteiger partial charge in [0.2, 0.25) is 0 Å². The van der Waals surface area contributed by atoms with E-state index in [1.165, 1.54) is 29.9 Å². The molecule has 16 heavy (non-hydrogen) atoms. The summed E-state index contributed by atoms with van der Waals surface area (Å²) in [4.78, 5) is 4.41. The maximum absolute atomic E-state index is 5.48. The Bertz CT molecular complexity index is 323. The summed E-state index contributed by atoms with van der Waals surface area (Å²) >= 11 is 1.98. The van der Waals surface area contributed by atoms with E-state index in [0.29, 0.717) is 0 Å². The zero-order valence-corrected chi connectivity index (χ0v) is 10.6. The summed E-state index contributed by atoms with van der Waals surface area (Å²) in [5.74, 6) is 2.99. The van der Waals surface area contributed by atoms with Crippen LogP contribution < -0.4 is 0 Å². The van der Waals surface area contributed by atoms with E-state index >= 15 is 0 Å². The molecule has 1 saturated heterocycles. The Morgan fingerprint density at radius 1 is 1.56 bits per heavy atom. The summed E-state index contributed by atoms with van der Waals surface area (Å²) in [6.45, 7) is 4.04. The zero-order valence-electron chi connectivity index (χ0n) is 9.82. The molecule has 0 amide bonds. The van der Waals surface area contributed by atoms with Crippen molar-refractivity contribution in [3.63, 3.8) is 0 Å². The van der Waals surface area contributed by atoms with Crippen LogP contribution in [0, 0.1) is 12.8 Å². The van der Waals surface area contributed by atoms with E-state index in [9.17, 15) is 0 Å². The second-order valence-electron chi connectivity index (χ2n) is 4.37. The second-order valence-corrected chi connectivity index (χ2v) is 5.40. The molecule has 1 unspecified atom stereocenters. The maximum atomic E-state index is 5.48. The number of hydrogen-bond acceptors (Lipinski definition) is 3. The largest absolute Gasteiger partial charge is 0.381 e. The molecule has 0 N–H and O–H groups in total. The third-order valence-electron chi connectivity index (χ3n) is 2.96. The van der Waals surface area contributed by atoms with E-state index in [2.05, 4.69) is 18.0 Å². The van der Waals surface area contributed by atoms with Gasteiger partial charge in [-0.25, -0.2) is 0 Å². The van der Waals surface area contributed by atoms with Crippen LogP contribution in [0.1, 0.15) is 24.1 Å². The molecule has 0 saturated carbocycles. The van der Waals surface area contributed by atoms with Gasteiger partial charge in [0.15, 0.2) is 0 Å². The molecule has 0 spiro atoms. The van der Waals surface area contributed by atoms with Gasteiger partial charge in [-0.2, -0.15) is 11.8 Å². The molecule has 1 aliphatic heterocycles. The molecule has 88 valence electrons. The number of pyridine rings is 1. The Morgan fingerprint density at radius 3 is 3.25 bits per heavy atom. The van der Waals surface area contributed by atoms with Crippen molar-refractivity contribution in [2.24, 2.45) is 5.92 Å². The minimum Gasteiger partial charge on any atom is -0.381 e. The third kappa shape index (κ3) is 3.49. The van der Waals surface area contributed by atoms with Gasteiger partial charge in [-0.15, -0.1) is 0 Å². The van der Waals surface area contributed by atoms with Crippen molar-refractivity contribution < 1.29 is 4.74 Å². The van der Waals surface area contributed by atoms with Crippen molar-refractivity contribution in [1.82, 2.24) is 4.98 Å². The van der Waals surface area contributed by atoms with Crippen molar-refractivity contribution in [2.75, 3.05) is 19.0 Å². The summed E-state index contributed by atoms with van der Waals surface area (Å²) in [5, 5.41) is 0. The van der Waals surface area contributed by atoms with Gasteiger partial charge in [0.25, 0.3) is 0 Å². The Balaban J connectivity index is 1.73. The Morgan fingerprint density at radius 2 is 2.50 bits per heavy atom. The van der Waals surface area contributed by atoms with Gasteiger partial charge >= 0.3 is 0 Å². The van der Waals surface area contributed by atoms with E-state index in [4.69, 9.17) is 4.74 Å². The lowest BCUT2D eigenvalue weighted by atomic mass is 10.1. The smallest absolute Gasteiger partial charge is 0.0531 e. The first-order chi connectivity index (χ1) is 7.86.